The lowest BCUT2D eigenvalue weighted by atomic mass is 9.95. The van der Waals surface area contributed by atoms with Crippen LogP contribution in [-0.4, -0.2) is 17.7 Å². The summed E-state index contributed by atoms with van der Waals surface area (Å²) >= 11 is 0. The molecule has 0 aromatic heterocycles. The smallest absolute Gasteiger partial charge is 0.303 e. The third-order valence-corrected chi connectivity index (χ3v) is 3.82. The highest BCUT2D eigenvalue weighted by Gasteiger charge is 2.05. The van der Waals surface area contributed by atoms with Gasteiger partial charge in [-0.25, -0.2) is 0 Å². The van der Waals surface area contributed by atoms with E-state index in [4.69, 9.17) is 9.84 Å². The van der Waals surface area contributed by atoms with Crippen LogP contribution < -0.4 is 4.74 Å². The number of carbonyl (C=O) groups is 1. The lowest BCUT2D eigenvalue weighted by Gasteiger charge is -2.12. The SMILES string of the molecule is O=C(O)CCCOc1ccc(/C2=C/CCCCCC2)cc1. The number of carboxylic acids is 1. The molecule has 1 aromatic rings. The van der Waals surface area contributed by atoms with Crippen molar-refractivity contribution >= 4 is 11.5 Å². The van der Waals surface area contributed by atoms with Crippen LogP contribution in [0.4, 0.5) is 0 Å². The van der Waals surface area contributed by atoms with Crippen molar-refractivity contribution < 1.29 is 14.6 Å². The van der Waals surface area contributed by atoms with E-state index in [0.29, 0.717) is 13.0 Å². The van der Waals surface area contributed by atoms with Crippen molar-refractivity contribution in [1.29, 1.82) is 0 Å². The molecule has 0 bridgehead atoms. The average molecular weight is 288 g/mol. The van der Waals surface area contributed by atoms with E-state index in [1.54, 1.807) is 0 Å². The van der Waals surface area contributed by atoms with Gasteiger partial charge in [0.15, 0.2) is 0 Å². The number of hydrogen-bond acceptors (Lipinski definition) is 2. The highest BCUT2D eigenvalue weighted by molar-refractivity contribution is 5.66. The van der Waals surface area contributed by atoms with Crippen molar-refractivity contribution in [2.75, 3.05) is 6.61 Å². The van der Waals surface area contributed by atoms with Gasteiger partial charge in [-0.3, -0.25) is 4.79 Å². The van der Waals surface area contributed by atoms with Crippen LogP contribution in [0.1, 0.15) is 56.9 Å². The van der Waals surface area contributed by atoms with Crippen molar-refractivity contribution in [1.82, 2.24) is 0 Å². The molecule has 0 atom stereocenters. The number of hydrogen-bond donors (Lipinski definition) is 1. The Morgan fingerprint density at radius 1 is 1.10 bits per heavy atom. The molecule has 1 aliphatic carbocycles. The van der Waals surface area contributed by atoms with Gasteiger partial charge in [-0.1, -0.05) is 31.1 Å². The van der Waals surface area contributed by atoms with E-state index in [-0.39, 0.29) is 6.42 Å². The predicted octanol–water partition coefficient (Wildman–Crippen LogP) is 4.67. The first-order chi connectivity index (χ1) is 10.3. The lowest BCUT2D eigenvalue weighted by molar-refractivity contribution is -0.137. The molecule has 1 N–H and O–H groups in total. The second-order valence-corrected chi connectivity index (χ2v) is 5.55. The molecular formula is C18H24O3. The minimum atomic E-state index is -0.773. The van der Waals surface area contributed by atoms with Crippen LogP contribution in [0, 0.1) is 0 Å². The molecule has 114 valence electrons. The van der Waals surface area contributed by atoms with Crippen LogP contribution in [0.25, 0.3) is 5.57 Å². The summed E-state index contributed by atoms with van der Waals surface area (Å²) < 4.78 is 5.56. The Bertz CT molecular complexity index is 474. The van der Waals surface area contributed by atoms with Crippen LogP contribution in [0.15, 0.2) is 30.3 Å². The fourth-order valence-corrected chi connectivity index (χ4v) is 2.63. The molecule has 0 radical (unpaired) electrons. The Morgan fingerprint density at radius 2 is 1.86 bits per heavy atom. The Balaban J connectivity index is 1.87. The van der Waals surface area contributed by atoms with Crippen LogP contribution in [-0.2, 0) is 4.79 Å². The zero-order valence-corrected chi connectivity index (χ0v) is 12.5. The van der Waals surface area contributed by atoms with Crippen molar-refractivity contribution in [3.05, 3.63) is 35.9 Å². The van der Waals surface area contributed by atoms with E-state index in [9.17, 15) is 4.79 Å². The first-order valence-electron chi connectivity index (χ1n) is 7.90. The van der Waals surface area contributed by atoms with Crippen molar-refractivity contribution in [2.24, 2.45) is 0 Å². The second-order valence-electron chi connectivity index (χ2n) is 5.55. The van der Waals surface area contributed by atoms with Gasteiger partial charge in [0.2, 0.25) is 0 Å². The first kappa shape index (κ1) is 15.6. The molecule has 3 nitrogen and oxygen atoms in total. The van der Waals surface area contributed by atoms with Gasteiger partial charge < -0.3 is 9.84 Å². The molecule has 2 rings (SSSR count). The Labute approximate surface area is 126 Å². The standard InChI is InChI=1S/C18H24O3/c19-18(20)9-6-14-21-17-12-10-16(11-13-17)15-7-4-2-1-3-5-8-15/h7,10-13H,1-6,8-9,14H2,(H,19,20)/b15-7+. The largest absolute Gasteiger partial charge is 0.494 e. The minimum absolute atomic E-state index is 0.158. The molecule has 0 saturated heterocycles. The molecule has 1 aliphatic rings. The van der Waals surface area contributed by atoms with Gasteiger partial charge in [-0.05, 0) is 55.4 Å². The number of allylic oxidation sites excluding steroid dienone is 2. The fraction of sp³-hybridized carbons (Fsp3) is 0.500. The fourth-order valence-electron chi connectivity index (χ4n) is 2.63. The van der Waals surface area contributed by atoms with E-state index in [0.717, 1.165) is 5.75 Å². The molecule has 0 fully saturated rings. The van der Waals surface area contributed by atoms with Gasteiger partial charge in [-0.15, -0.1) is 0 Å². The van der Waals surface area contributed by atoms with Crippen molar-refractivity contribution in [3.8, 4) is 5.75 Å². The third kappa shape index (κ3) is 5.62. The summed E-state index contributed by atoms with van der Waals surface area (Å²) in [5.41, 5.74) is 2.74. The molecular weight excluding hydrogens is 264 g/mol. The monoisotopic (exact) mass is 288 g/mol. The van der Waals surface area contributed by atoms with Crippen molar-refractivity contribution in [3.63, 3.8) is 0 Å². The molecule has 21 heavy (non-hydrogen) atoms. The van der Waals surface area contributed by atoms with Gasteiger partial charge in [0.05, 0.1) is 6.61 Å². The first-order valence-corrected chi connectivity index (χ1v) is 7.90. The molecule has 1 aromatic carbocycles. The van der Waals surface area contributed by atoms with Gasteiger partial charge >= 0.3 is 5.97 Å². The van der Waals surface area contributed by atoms with Crippen molar-refractivity contribution in [2.45, 2.75) is 51.4 Å². The Morgan fingerprint density at radius 3 is 2.62 bits per heavy atom. The zero-order valence-electron chi connectivity index (χ0n) is 12.5. The van der Waals surface area contributed by atoms with E-state index in [1.165, 1.54) is 49.7 Å². The highest BCUT2D eigenvalue weighted by Crippen LogP contribution is 2.26. The summed E-state index contributed by atoms with van der Waals surface area (Å²) in [7, 11) is 0. The number of rotatable bonds is 6. The van der Waals surface area contributed by atoms with Gasteiger partial charge in [-0.2, -0.15) is 0 Å². The summed E-state index contributed by atoms with van der Waals surface area (Å²) in [5, 5.41) is 8.57. The molecule has 0 unspecified atom stereocenters. The normalized spacial score (nSPS) is 18.2. The molecule has 3 heteroatoms. The lowest BCUT2D eigenvalue weighted by Crippen LogP contribution is -2.02. The second kappa shape index (κ2) is 8.50. The van der Waals surface area contributed by atoms with Gasteiger partial charge in [0.1, 0.15) is 5.75 Å². The molecule has 0 spiro atoms. The summed E-state index contributed by atoms with van der Waals surface area (Å²) in [4.78, 5) is 10.4. The van der Waals surface area contributed by atoms with Crippen LogP contribution in [0.2, 0.25) is 0 Å². The van der Waals surface area contributed by atoms with E-state index in [2.05, 4.69) is 18.2 Å². The Kier molecular flexibility index (Phi) is 6.32. The maximum absolute atomic E-state index is 10.4. The van der Waals surface area contributed by atoms with Gasteiger partial charge in [0, 0.05) is 6.42 Å². The van der Waals surface area contributed by atoms with Gasteiger partial charge in [0.25, 0.3) is 0 Å². The van der Waals surface area contributed by atoms with E-state index >= 15 is 0 Å². The number of carboxylic acid groups (broad SMARTS) is 1. The maximum atomic E-state index is 10.4. The summed E-state index contributed by atoms with van der Waals surface area (Å²) in [6, 6.07) is 8.19. The highest BCUT2D eigenvalue weighted by atomic mass is 16.5. The molecule has 0 amide bonds. The van der Waals surface area contributed by atoms with E-state index in [1.807, 2.05) is 12.1 Å². The van der Waals surface area contributed by atoms with E-state index < -0.39 is 5.97 Å². The number of aliphatic carboxylic acids is 1. The summed E-state index contributed by atoms with van der Waals surface area (Å²) in [6.07, 6.45) is 10.7. The predicted molar refractivity (Wildman–Crippen MR) is 84.5 cm³/mol. The number of ether oxygens (including phenoxy) is 1. The summed E-state index contributed by atoms with van der Waals surface area (Å²) in [6.45, 7) is 0.453. The van der Waals surface area contributed by atoms with Crippen LogP contribution >= 0.6 is 0 Å². The Hall–Kier alpha value is -1.77. The average Bonchev–Trinajstić information content (AvgIpc) is 2.44. The third-order valence-electron chi connectivity index (χ3n) is 3.82. The maximum Gasteiger partial charge on any atom is 0.303 e. The minimum Gasteiger partial charge on any atom is -0.494 e. The van der Waals surface area contributed by atoms with Crippen LogP contribution in [0.3, 0.4) is 0 Å². The topological polar surface area (TPSA) is 46.5 Å². The zero-order chi connectivity index (χ0) is 14.9. The molecule has 0 heterocycles. The number of benzene rings is 1. The summed E-state index contributed by atoms with van der Waals surface area (Å²) in [5.74, 6) is 0.0424. The quantitative estimate of drug-likeness (QED) is 0.774. The van der Waals surface area contributed by atoms with Crippen LogP contribution in [0.5, 0.6) is 5.75 Å². The molecule has 0 saturated carbocycles. The molecule has 0 aliphatic heterocycles.